The first-order valence-electron chi connectivity index (χ1n) is 10.0. The van der Waals surface area contributed by atoms with Gasteiger partial charge in [-0.25, -0.2) is 0 Å². The Morgan fingerprint density at radius 2 is 2.00 bits per heavy atom. The van der Waals surface area contributed by atoms with Gasteiger partial charge in [-0.3, -0.25) is 9.59 Å². The molecule has 0 saturated heterocycles. The molecule has 1 atom stereocenters. The lowest BCUT2D eigenvalue weighted by molar-refractivity contribution is -0.121. The molecule has 6 heteroatoms. The quantitative estimate of drug-likeness (QED) is 0.719. The summed E-state index contributed by atoms with van der Waals surface area (Å²) in [6, 6.07) is 11.3. The third-order valence-electron chi connectivity index (χ3n) is 4.88. The van der Waals surface area contributed by atoms with Crippen molar-refractivity contribution in [2.24, 2.45) is 0 Å². The molecule has 0 aliphatic carbocycles. The second-order valence-corrected chi connectivity index (χ2v) is 7.23. The predicted octanol–water partition coefficient (Wildman–Crippen LogP) is 3.15. The zero-order chi connectivity index (χ0) is 20.8. The fourth-order valence-corrected chi connectivity index (χ4v) is 3.40. The van der Waals surface area contributed by atoms with Gasteiger partial charge in [0.25, 0.3) is 5.91 Å². The normalized spacial score (nSPS) is 14.7. The van der Waals surface area contributed by atoms with Crippen LogP contribution in [0.25, 0.3) is 0 Å². The lowest BCUT2D eigenvalue weighted by atomic mass is 10.1. The molecule has 0 saturated carbocycles. The van der Waals surface area contributed by atoms with Crippen LogP contribution in [0.4, 0.5) is 0 Å². The Labute approximate surface area is 171 Å². The second kappa shape index (κ2) is 9.45. The summed E-state index contributed by atoms with van der Waals surface area (Å²) >= 11 is 0. The van der Waals surface area contributed by atoms with Crippen molar-refractivity contribution in [3.63, 3.8) is 0 Å². The number of aryl methyl sites for hydroxylation is 1. The highest BCUT2D eigenvalue weighted by atomic mass is 16.5. The highest BCUT2D eigenvalue weighted by Crippen LogP contribution is 2.35. The number of carbonyl (C=O) groups is 2. The van der Waals surface area contributed by atoms with Gasteiger partial charge < -0.3 is 20.1 Å². The van der Waals surface area contributed by atoms with E-state index in [0.29, 0.717) is 18.7 Å². The standard InChI is InChI=1S/C23H28N2O4/c1-4-28-20-12-17-11-16(3)29-21(17)13-18(20)14-25-22(26)9-10-24-23(27)19-8-6-5-7-15(19)2/h5-8,12-13,16H,4,9-11,14H2,1-3H3,(H,24,27)(H,25,26)/t16-/m1/s1. The molecule has 2 amide bonds. The average Bonchev–Trinajstić information content (AvgIpc) is 3.05. The van der Waals surface area contributed by atoms with Crippen LogP contribution in [-0.2, 0) is 17.8 Å². The van der Waals surface area contributed by atoms with E-state index in [0.717, 1.165) is 34.6 Å². The summed E-state index contributed by atoms with van der Waals surface area (Å²) in [5.41, 5.74) is 3.56. The zero-order valence-corrected chi connectivity index (χ0v) is 17.2. The molecule has 0 fully saturated rings. The maximum absolute atomic E-state index is 12.2. The zero-order valence-electron chi connectivity index (χ0n) is 17.2. The summed E-state index contributed by atoms with van der Waals surface area (Å²) in [4.78, 5) is 24.4. The van der Waals surface area contributed by atoms with Crippen LogP contribution in [0.3, 0.4) is 0 Å². The van der Waals surface area contributed by atoms with Crippen molar-refractivity contribution in [3.05, 3.63) is 58.7 Å². The minimum absolute atomic E-state index is 0.132. The second-order valence-electron chi connectivity index (χ2n) is 7.23. The SMILES string of the molecule is CCOc1cc2c(cc1CNC(=O)CCNC(=O)c1ccccc1C)O[C@H](C)C2. The Morgan fingerprint density at radius 3 is 2.76 bits per heavy atom. The van der Waals surface area contributed by atoms with E-state index in [-0.39, 0.29) is 30.9 Å². The topological polar surface area (TPSA) is 76.7 Å². The Hall–Kier alpha value is -3.02. The molecule has 0 unspecified atom stereocenters. The van der Waals surface area contributed by atoms with Gasteiger partial charge in [0.2, 0.25) is 5.91 Å². The minimum atomic E-state index is -0.167. The number of ether oxygens (including phenoxy) is 2. The molecule has 0 aromatic heterocycles. The monoisotopic (exact) mass is 396 g/mol. The van der Waals surface area contributed by atoms with Gasteiger partial charge in [0.15, 0.2) is 0 Å². The van der Waals surface area contributed by atoms with Gasteiger partial charge in [-0.1, -0.05) is 18.2 Å². The number of nitrogens with one attached hydrogen (secondary N) is 2. The lowest BCUT2D eigenvalue weighted by Crippen LogP contribution is -2.30. The summed E-state index contributed by atoms with van der Waals surface area (Å²) in [6.07, 6.45) is 1.23. The first-order valence-corrected chi connectivity index (χ1v) is 10.0. The van der Waals surface area contributed by atoms with Crippen molar-refractivity contribution >= 4 is 11.8 Å². The van der Waals surface area contributed by atoms with Crippen molar-refractivity contribution in [2.75, 3.05) is 13.2 Å². The van der Waals surface area contributed by atoms with E-state index in [9.17, 15) is 9.59 Å². The fourth-order valence-electron chi connectivity index (χ4n) is 3.40. The molecular formula is C23H28N2O4. The van der Waals surface area contributed by atoms with Gasteiger partial charge >= 0.3 is 0 Å². The van der Waals surface area contributed by atoms with E-state index >= 15 is 0 Å². The van der Waals surface area contributed by atoms with Gasteiger partial charge in [0.1, 0.15) is 17.6 Å². The third kappa shape index (κ3) is 5.28. The molecule has 2 aromatic rings. The van der Waals surface area contributed by atoms with Crippen molar-refractivity contribution in [3.8, 4) is 11.5 Å². The number of rotatable bonds is 8. The highest BCUT2D eigenvalue weighted by Gasteiger charge is 2.22. The van der Waals surface area contributed by atoms with Gasteiger partial charge in [0.05, 0.1) is 6.61 Å². The predicted molar refractivity (Wildman–Crippen MR) is 111 cm³/mol. The average molecular weight is 396 g/mol. The van der Waals surface area contributed by atoms with Crippen molar-refractivity contribution in [2.45, 2.75) is 46.3 Å². The summed E-state index contributed by atoms with van der Waals surface area (Å²) in [5.74, 6) is 1.33. The van der Waals surface area contributed by atoms with Gasteiger partial charge in [-0.2, -0.15) is 0 Å². The molecule has 0 bridgehead atoms. The van der Waals surface area contributed by atoms with Crippen molar-refractivity contribution in [1.82, 2.24) is 10.6 Å². The lowest BCUT2D eigenvalue weighted by Gasteiger charge is -2.13. The van der Waals surface area contributed by atoms with Crippen LogP contribution in [-0.4, -0.2) is 31.1 Å². The maximum Gasteiger partial charge on any atom is 0.251 e. The van der Waals surface area contributed by atoms with Gasteiger partial charge in [-0.05, 0) is 44.5 Å². The molecule has 3 rings (SSSR count). The molecule has 2 N–H and O–H groups in total. The van der Waals surface area contributed by atoms with Crippen LogP contribution in [0.1, 0.15) is 47.3 Å². The number of amides is 2. The van der Waals surface area contributed by atoms with Crippen LogP contribution in [0, 0.1) is 6.92 Å². The molecule has 1 aliphatic rings. The maximum atomic E-state index is 12.2. The van der Waals surface area contributed by atoms with E-state index in [1.54, 1.807) is 6.07 Å². The van der Waals surface area contributed by atoms with Crippen LogP contribution >= 0.6 is 0 Å². The molecule has 1 aliphatic heterocycles. The molecule has 29 heavy (non-hydrogen) atoms. The van der Waals surface area contributed by atoms with E-state index in [2.05, 4.69) is 10.6 Å². The molecule has 0 radical (unpaired) electrons. The summed E-state index contributed by atoms with van der Waals surface area (Å²) in [6.45, 7) is 7.05. The summed E-state index contributed by atoms with van der Waals surface area (Å²) in [7, 11) is 0. The number of hydrogen-bond acceptors (Lipinski definition) is 4. The van der Waals surface area contributed by atoms with Gasteiger partial charge in [-0.15, -0.1) is 0 Å². The van der Waals surface area contributed by atoms with Crippen molar-refractivity contribution < 1.29 is 19.1 Å². The smallest absolute Gasteiger partial charge is 0.251 e. The van der Waals surface area contributed by atoms with E-state index in [1.165, 1.54) is 0 Å². The molecular weight excluding hydrogens is 368 g/mol. The molecule has 2 aromatic carbocycles. The number of fused-ring (bicyclic) bond motifs is 1. The Bertz CT molecular complexity index is 894. The summed E-state index contributed by atoms with van der Waals surface area (Å²) in [5, 5.41) is 5.69. The summed E-state index contributed by atoms with van der Waals surface area (Å²) < 4.78 is 11.6. The van der Waals surface area contributed by atoms with E-state index < -0.39 is 0 Å². The number of hydrogen-bond donors (Lipinski definition) is 2. The third-order valence-corrected chi connectivity index (χ3v) is 4.88. The molecule has 0 spiro atoms. The number of benzene rings is 2. The first kappa shape index (κ1) is 20.7. The molecule has 1 heterocycles. The first-order chi connectivity index (χ1) is 14.0. The fraction of sp³-hybridized carbons (Fsp3) is 0.391. The highest BCUT2D eigenvalue weighted by molar-refractivity contribution is 5.95. The van der Waals surface area contributed by atoms with Crippen LogP contribution in [0.5, 0.6) is 11.5 Å². The molecule has 154 valence electrons. The van der Waals surface area contributed by atoms with Crippen molar-refractivity contribution in [1.29, 1.82) is 0 Å². The van der Waals surface area contributed by atoms with E-state index in [1.807, 2.05) is 51.1 Å². The minimum Gasteiger partial charge on any atom is -0.494 e. The van der Waals surface area contributed by atoms with Gasteiger partial charge in [0, 0.05) is 42.6 Å². The van der Waals surface area contributed by atoms with Crippen LogP contribution in [0.2, 0.25) is 0 Å². The Balaban J connectivity index is 1.51. The van der Waals surface area contributed by atoms with Crippen LogP contribution in [0.15, 0.2) is 36.4 Å². The Morgan fingerprint density at radius 1 is 1.21 bits per heavy atom. The largest absolute Gasteiger partial charge is 0.494 e. The Kier molecular flexibility index (Phi) is 6.75. The number of carbonyl (C=O) groups excluding carboxylic acids is 2. The molecule has 6 nitrogen and oxygen atoms in total. The van der Waals surface area contributed by atoms with E-state index in [4.69, 9.17) is 9.47 Å². The van der Waals surface area contributed by atoms with Crippen LogP contribution < -0.4 is 20.1 Å².